The molecular formula is C15H23Br2NOS. The van der Waals surface area contributed by atoms with Crippen LogP contribution < -0.4 is 10.1 Å². The predicted molar refractivity (Wildman–Crippen MR) is 96.9 cm³/mol. The molecule has 0 saturated heterocycles. The van der Waals surface area contributed by atoms with Crippen molar-refractivity contribution in [2.45, 2.75) is 39.8 Å². The molecule has 0 aliphatic carbocycles. The number of benzene rings is 1. The zero-order chi connectivity index (χ0) is 15.0. The van der Waals surface area contributed by atoms with Gasteiger partial charge in [0.05, 0.1) is 15.6 Å². The minimum atomic E-state index is 0.486. The maximum absolute atomic E-state index is 5.87. The van der Waals surface area contributed by atoms with Crippen LogP contribution in [0.2, 0.25) is 0 Å². The fourth-order valence-electron chi connectivity index (χ4n) is 1.65. The van der Waals surface area contributed by atoms with E-state index in [2.05, 4.69) is 70.1 Å². The number of ether oxygens (including phenoxy) is 1. The van der Waals surface area contributed by atoms with Crippen LogP contribution in [0.3, 0.4) is 0 Å². The van der Waals surface area contributed by atoms with Crippen molar-refractivity contribution in [3.8, 4) is 5.75 Å². The second-order valence-electron chi connectivity index (χ2n) is 4.82. The molecule has 2 nitrogen and oxygen atoms in total. The molecule has 20 heavy (non-hydrogen) atoms. The molecule has 0 aliphatic rings. The molecule has 5 heteroatoms. The van der Waals surface area contributed by atoms with Crippen LogP contribution in [-0.4, -0.2) is 24.2 Å². The quantitative estimate of drug-likeness (QED) is 0.548. The Bertz CT molecular complexity index is 390. The van der Waals surface area contributed by atoms with Crippen LogP contribution >= 0.6 is 43.6 Å². The average molecular weight is 425 g/mol. The van der Waals surface area contributed by atoms with Gasteiger partial charge in [0.2, 0.25) is 0 Å². The van der Waals surface area contributed by atoms with Gasteiger partial charge in [-0.25, -0.2) is 0 Å². The van der Waals surface area contributed by atoms with Gasteiger partial charge in [0, 0.05) is 12.6 Å². The monoisotopic (exact) mass is 423 g/mol. The van der Waals surface area contributed by atoms with E-state index in [1.54, 1.807) is 0 Å². The van der Waals surface area contributed by atoms with Gasteiger partial charge in [-0.2, -0.15) is 11.8 Å². The Morgan fingerprint density at radius 1 is 1.25 bits per heavy atom. The highest BCUT2D eigenvalue weighted by Crippen LogP contribution is 2.35. The first-order valence-corrected chi connectivity index (χ1v) is 9.70. The van der Waals surface area contributed by atoms with Crippen LogP contribution in [0, 0.1) is 0 Å². The van der Waals surface area contributed by atoms with E-state index in [0.29, 0.717) is 6.04 Å². The first kappa shape index (κ1) is 18.3. The third-order valence-corrected chi connectivity index (χ3v) is 4.82. The Morgan fingerprint density at radius 2 is 1.90 bits per heavy atom. The molecule has 0 heterocycles. The first-order chi connectivity index (χ1) is 9.54. The molecule has 1 aromatic carbocycles. The third kappa shape index (κ3) is 6.83. The molecule has 0 atom stereocenters. The van der Waals surface area contributed by atoms with E-state index in [0.717, 1.165) is 40.0 Å². The minimum absolute atomic E-state index is 0.486. The third-order valence-electron chi connectivity index (χ3n) is 2.66. The topological polar surface area (TPSA) is 21.3 Å². The second kappa shape index (κ2) is 10.1. The van der Waals surface area contributed by atoms with Crippen molar-refractivity contribution in [1.29, 1.82) is 0 Å². The Morgan fingerprint density at radius 3 is 2.45 bits per heavy atom. The second-order valence-corrected chi connectivity index (χ2v) is 7.93. The predicted octanol–water partition coefficient (Wildman–Crippen LogP) is 5.23. The van der Waals surface area contributed by atoms with Gasteiger partial charge in [-0.3, -0.25) is 0 Å². The summed E-state index contributed by atoms with van der Waals surface area (Å²) < 4.78 is 7.89. The molecule has 0 saturated carbocycles. The molecule has 0 aliphatic heterocycles. The average Bonchev–Trinajstić information content (AvgIpc) is 2.38. The Kier molecular flexibility index (Phi) is 9.25. The van der Waals surface area contributed by atoms with E-state index in [-0.39, 0.29) is 0 Å². The molecule has 0 spiro atoms. The van der Waals surface area contributed by atoms with E-state index >= 15 is 0 Å². The highest BCUT2D eigenvalue weighted by molar-refractivity contribution is 9.11. The van der Waals surface area contributed by atoms with Crippen molar-refractivity contribution in [2.24, 2.45) is 0 Å². The van der Waals surface area contributed by atoms with Crippen LogP contribution in [-0.2, 0) is 6.54 Å². The van der Waals surface area contributed by atoms with E-state index in [1.807, 2.05) is 11.8 Å². The van der Waals surface area contributed by atoms with Crippen LogP contribution in [0.1, 0.15) is 32.8 Å². The summed E-state index contributed by atoms with van der Waals surface area (Å²) in [5, 5.41) is 3.42. The van der Waals surface area contributed by atoms with Gasteiger partial charge in [0.25, 0.3) is 0 Å². The number of hydrogen-bond acceptors (Lipinski definition) is 3. The maximum atomic E-state index is 5.87. The van der Waals surface area contributed by atoms with Crippen molar-refractivity contribution in [1.82, 2.24) is 5.32 Å². The summed E-state index contributed by atoms with van der Waals surface area (Å²) in [6, 6.07) is 4.73. The standard InChI is InChI=1S/C15H23Br2NOS/c1-4-20-7-5-6-19-15-13(16)8-12(9-14(15)17)10-18-11(2)3/h8-9,11,18H,4-7,10H2,1-3H3. The Hall–Kier alpha value is 0.290. The van der Waals surface area contributed by atoms with Crippen molar-refractivity contribution in [3.05, 3.63) is 26.6 Å². The fourth-order valence-corrected chi connectivity index (χ4v) is 3.77. The summed E-state index contributed by atoms with van der Waals surface area (Å²) in [5.74, 6) is 3.23. The van der Waals surface area contributed by atoms with Gasteiger partial charge in [-0.15, -0.1) is 0 Å². The lowest BCUT2D eigenvalue weighted by molar-refractivity contribution is 0.314. The van der Waals surface area contributed by atoms with Gasteiger partial charge >= 0.3 is 0 Å². The van der Waals surface area contributed by atoms with Crippen molar-refractivity contribution < 1.29 is 4.74 Å². The van der Waals surface area contributed by atoms with Gasteiger partial charge < -0.3 is 10.1 Å². The van der Waals surface area contributed by atoms with Crippen LogP contribution in [0.4, 0.5) is 0 Å². The SMILES string of the molecule is CCSCCCOc1c(Br)cc(CNC(C)C)cc1Br. The molecule has 0 unspecified atom stereocenters. The minimum Gasteiger partial charge on any atom is -0.491 e. The molecule has 114 valence electrons. The van der Waals surface area contributed by atoms with Crippen LogP contribution in [0.15, 0.2) is 21.1 Å². The molecule has 1 N–H and O–H groups in total. The normalized spacial score (nSPS) is 11.1. The summed E-state index contributed by atoms with van der Waals surface area (Å²) >= 11 is 9.15. The molecule has 1 rings (SSSR count). The summed E-state index contributed by atoms with van der Waals surface area (Å²) in [6.45, 7) is 8.10. The maximum Gasteiger partial charge on any atom is 0.147 e. The molecule has 0 aromatic heterocycles. The number of thioether (sulfide) groups is 1. The van der Waals surface area contributed by atoms with E-state index in [4.69, 9.17) is 4.74 Å². The molecule has 1 aromatic rings. The Balaban J connectivity index is 2.55. The van der Waals surface area contributed by atoms with Crippen LogP contribution in [0.5, 0.6) is 5.75 Å². The number of hydrogen-bond donors (Lipinski definition) is 1. The highest BCUT2D eigenvalue weighted by atomic mass is 79.9. The molecule has 0 amide bonds. The van der Waals surface area contributed by atoms with Gasteiger partial charge in [0.1, 0.15) is 5.75 Å². The summed E-state index contributed by atoms with van der Waals surface area (Å²) in [5.41, 5.74) is 1.24. The molecule has 0 fully saturated rings. The largest absolute Gasteiger partial charge is 0.491 e. The summed E-state index contributed by atoms with van der Waals surface area (Å²) in [7, 11) is 0. The summed E-state index contributed by atoms with van der Waals surface area (Å²) in [6.07, 6.45) is 1.08. The zero-order valence-electron chi connectivity index (χ0n) is 12.3. The molecule has 0 radical (unpaired) electrons. The van der Waals surface area contributed by atoms with Gasteiger partial charge in [-0.1, -0.05) is 20.8 Å². The van der Waals surface area contributed by atoms with E-state index in [1.165, 1.54) is 11.3 Å². The fraction of sp³-hybridized carbons (Fsp3) is 0.600. The summed E-state index contributed by atoms with van der Waals surface area (Å²) in [4.78, 5) is 0. The van der Waals surface area contributed by atoms with E-state index < -0.39 is 0 Å². The first-order valence-electron chi connectivity index (χ1n) is 6.96. The van der Waals surface area contributed by atoms with Gasteiger partial charge in [-0.05, 0) is 67.5 Å². The number of halogens is 2. The lowest BCUT2D eigenvalue weighted by Crippen LogP contribution is -2.21. The highest BCUT2D eigenvalue weighted by Gasteiger charge is 2.09. The number of rotatable bonds is 9. The molecular weight excluding hydrogens is 402 g/mol. The number of nitrogens with one attached hydrogen (secondary N) is 1. The van der Waals surface area contributed by atoms with Crippen molar-refractivity contribution >= 4 is 43.6 Å². The lowest BCUT2D eigenvalue weighted by Gasteiger charge is -2.13. The zero-order valence-corrected chi connectivity index (χ0v) is 16.3. The Labute approximate surface area is 143 Å². The van der Waals surface area contributed by atoms with Gasteiger partial charge in [0.15, 0.2) is 0 Å². The molecule has 0 bridgehead atoms. The van der Waals surface area contributed by atoms with E-state index in [9.17, 15) is 0 Å². The van der Waals surface area contributed by atoms with Crippen LogP contribution in [0.25, 0.3) is 0 Å². The smallest absolute Gasteiger partial charge is 0.147 e. The van der Waals surface area contributed by atoms with Crippen molar-refractivity contribution in [2.75, 3.05) is 18.1 Å². The van der Waals surface area contributed by atoms with Crippen molar-refractivity contribution in [3.63, 3.8) is 0 Å². The lowest BCUT2D eigenvalue weighted by atomic mass is 10.2.